The van der Waals surface area contributed by atoms with Crippen LogP contribution in [0.4, 0.5) is 0 Å². The van der Waals surface area contributed by atoms with E-state index in [2.05, 4.69) is 36.2 Å². The molecule has 1 fully saturated rings. The second kappa shape index (κ2) is 9.23. The molecule has 1 saturated heterocycles. The molecule has 1 aliphatic heterocycles. The predicted octanol–water partition coefficient (Wildman–Crippen LogP) is 4.31. The van der Waals surface area contributed by atoms with Gasteiger partial charge in [0.05, 0.1) is 12.7 Å². The maximum Gasteiger partial charge on any atom is 0.222 e. The van der Waals surface area contributed by atoms with Gasteiger partial charge in [-0.3, -0.25) is 0 Å². The zero-order valence-electron chi connectivity index (χ0n) is 16.7. The Labute approximate surface area is 172 Å². The molecule has 0 aromatic heterocycles. The van der Waals surface area contributed by atoms with Crippen LogP contribution in [0.1, 0.15) is 11.1 Å². The number of nitrogens with zero attached hydrogens (tertiary/aromatic N) is 1. The number of hydrogen-bond acceptors (Lipinski definition) is 4. The lowest BCUT2D eigenvalue weighted by Crippen LogP contribution is -2.35. The molecule has 1 heterocycles. The van der Waals surface area contributed by atoms with Crippen molar-refractivity contribution in [2.75, 3.05) is 33.4 Å². The van der Waals surface area contributed by atoms with E-state index >= 15 is 0 Å². The molecule has 0 N–H and O–H groups in total. The van der Waals surface area contributed by atoms with Crippen LogP contribution < -0.4 is 4.74 Å². The summed E-state index contributed by atoms with van der Waals surface area (Å²) in [6.07, 6.45) is -0.0165. The zero-order chi connectivity index (χ0) is 19.9. The van der Waals surface area contributed by atoms with Gasteiger partial charge in [-0.25, -0.2) is 0 Å². The van der Waals surface area contributed by atoms with Crippen LogP contribution >= 0.6 is 0 Å². The Balaban J connectivity index is 1.39. The summed E-state index contributed by atoms with van der Waals surface area (Å²) >= 11 is 0. The monoisotopic (exact) mass is 389 g/mol. The SMILES string of the molecule is CN(CCOc1ccccc1)CC1COC(c2ccccc2)(c2ccccc2)O1. The van der Waals surface area contributed by atoms with E-state index in [4.69, 9.17) is 14.2 Å². The molecule has 0 saturated carbocycles. The van der Waals surface area contributed by atoms with Crippen molar-refractivity contribution < 1.29 is 14.2 Å². The summed E-state index contributed by atoms with van der Waals surface area (Å²) in [5.74, 6) is 0.0442. The molecule has 3 aromatic rings. The van der Waals surface area contributed by atoms with Crippen molar-refractivity contribution in [2.45, 2.75) is 11.9 Å². The van der Waals surface area contributed by atoms with Crippen molar-refractivity contribution in [1.29, 1.82) is 0 Å². The molecule has 1 aliphatic rings. The highest BCUT2D eigenvalue weighted by atomic mass is 16.7. The largest absolute Gasteiger partial charge is 0.492 e. The lowest BCUT2D eigenvalue weighted by molar-refractivity contribution is -0.144. The van der Waals surface area contributed by atoms with Gasteiger partial charge in [0.2, 0.25) is 5.79 Å². The van der Waals surface area contributed by atoms with Crippen LogP contribution in [-0.2, 0) is 15.3 Å². The molecule has 3 aromatic carbocycles. The minimum absolute atomic E-state index is 0.0165. The number of likely N-dealkylation sites (N-methyl/N-ethyl adjacent to an activating group) is 1. The van der Waals surface area contributed by atoms with Crippen molar-refractivity contribution in [3.05, 3.63) is 102 Å². The number of rotatable bonds is 8. The van der Waals surface area contributed by atoms with E-state index in [1.807, 2.05) is 66.7 Å². The standard InChI is InChI=1S/C25H27NO3/c1-26(17-18-27-23-15-9-4-10-16-23)19-24-20-28-25(29-24,21-11-5-2-6-12-21)22-13-7-3-8-14-22/h2-16,24H,17-20H2,1H3. The predicted molar refractivity (Wildman–Crippen MR) is 114 cm³/mol. The summed E-state index contributed by atoms with van der Waals surface area (Å²) in [4.78, 5) is 2.23. The second-order valence-corrected chi connectivity index (χ2v) is 7.32. The third kappa shape index (κ3) is 4.67. The smallest absolute Gasteiger partial charge is 0.222 e. The van der Waals surface area contributed by atoms with Gasteiger partial charge >= 0.3 is 0 Å². The summed E-state index contributed by atoms with van der Waals surface area (Å²) in [7, 11) is 2.09. The molecule has 4 rings (SSSR count). The van der Waals surface area contributed by atoms with E-state index < -0.39 is 5.79 Å². The molecule has 4 nitrogen and oxygen atoms in total. The van der Waals surface area contributed by atoms with Crippen molar-refractivity contribution in [1.82, 2.24) is 4.90 Å². The van der Waals surface area contributed by atoms with Gasteiger partial charge < -0.3 is 19.1 Å². The van der Waals surface area contributed by atoms with Gasteiger partial charge in [0.25, 0.3) is 0 Å². The van der Waals surface area contributed by atoms with Gasteiger partial charge in [-0.05, 0) is 19.2 Å². The first-order valence-corrected chi connectivity index (χ1v) is 10.1. The lowest BCUT2D eigenvalue weighted by Gasteiger charge is -2.29. The summed E-state index contributed by atoms with van der Waals surface area (Å²) in [6, 6.07) is 30.3. The first-order chi connectivity index (χ1) is 14.3. The third-order valence-electron chi connectivity index (χ3n) is 5.11. The fourth-order valence-corrected chi connectivity index (χ4v) is 3.66. The van der Waals surface area contributed by atoms with Crippen molar-refractivity contribution >= 4 is 0 Å². The van der Waals surface area contributed by atoms with Crippen LogP contribution in [0.15, 0.2) is 91.0 Å². The average molecular weight is 389 g/mol. The van der Waals surface area contributed by atoms with E-state index in [1.165, 1.54) is 0 Å². The van der Waals surface area contributed by atoms with Crippen LogP contribution in [0.2, 0.25) is 0 Å². The summed E-state index contributed by atoms with van der Waals surface area (Å²) < 4.78 is 18.7. The Bertz CT molecular complexity index is 831. The molecular weight excluding hydrogens is 362 g/mol. The second-order valence-electron chi connectivity index (χ2n) is 7.32. The maximum absolute atomic E-state index is 6.55. The van der Waals surface area contributed by atoms with Crippen molar-refractivity contribution in [3.8, 4) is 5.75 Å². The van der Waals surface area contributed by atoms with Crippen LogP contribution in [0.3, 0.4) is 0 Å². The number of hydrogen-bond donors (Lipinski definition) is 0. The Kier molecular flexibility index (Phi) is 6.25. The molecule has 0 aliphatic carbocycles. The Hall–Kier alpha value is -2.66. The van der Waals surface area contributed by atoms with E-state index in [9.17, 15) is 0 Å². The van der Waals surface area contributed by atoms with E-state index in [0.717, 1.165) is 30.0 Å². The third-order valence-corrected chi connectivity index (χ3v) is 5.11. The van der Waals surface area contributed by atoms with E-state index in [-0.39, 0.29) is 6.10 Å². The Morgan fingerprint density at radius 1 is 0.862 bits per heavy atom. The summed E-state index contributed by atoms with van der Waals surface area (Å²) in [5, 5.41) is 0. The van der Waals surface area contributed by atoms with Gasteiger partial charge in [-0.15, -0.1) is 0 Å². The molecule has 4 heteroatoms. The number of benzene rings is 3. The van der Waals surface area contributed by atoms with Crippen LogP contribution in [0.5, 0.6) is 5.75 Å². The van der Waals surface area contributed by atoms with Gasteiger partial charge in [0, 0.05) is 24.2 Å². The van der Waals surface area contributed by atoms with Gasteiger partial charge in [0.1, 0.15) is 12.4 Å². The molecule has 0 bridgehead atoms. The normalized spacial score (nSPS) is 18.1. The molecule has 0 radical (unpaired) electrons. The molecule has 29 heavy (non-hydrogen) atoms. The highest BCUT2D eigenvalue weighted by Crippen LogP contribution is 2.40. The maximum atomic E-state index is 6.55. The minimum atomic E-state index is -0.853. The molecular formula is C25H27NO3. The molecule has 0 amide bonds. The Morgan fingerprint density at radius 3 is 2.00 bits per heavy atom. The number of para-hydroxylation sites is 1. The van der Waals surface area contributed by atoms with Crippen molar-refractivity contribution in [2.24, 2.45) is 0 Å². The van der Waals surface area contributed by atoms with Crippen LogP contribution in [-0.4, -0.2) is 44.4 Å². The van der Waals surface area contributed by atoms with Gasteiger partial charge in [-0.2, -0.15) is 0 Å². The van der Waals surface area contributed by atoms with E-state index in [1.54, 1.807) is 0 Å². The Morgan fingerprint density at radius 2 is 1.41 bits per heavy atom. The summed E-state index contributed by atoms with van der Waals surface area (Å²) in [6.45, 7) is 2.78. The van der Waals surface area contributed by atoms with Crippen molar-refractivity contribution in [3.63, 3.8) is 0 Å². The fraction of sp³-hybridized carbons (Fsp3) is 0.280. The first kappa shape index (κ1) is 19.6. The quantitative estimate of drug-likeness (QED) is 0.574. The molecule has 1 unspecified atom stereocenters. The highest BCUT2D eigenvalue weighted by molar-refractivity contribution is 5.34. The van der Waals surface area contributed by atoms with E-state index in [0.29, 0.717) is 13.2 Å². The molecule has 1 atom stereocenters. The fourth-order valence-electron chi connectivity index (χ4n) is 3.66. The summed E-state index contributed by atoms with van der Waals surface area (Å²) in [5.41, 5.74) is 2.03. The highest BCUT2D eigenvalue weighted by Gasteiger charge is 2.44. The first-order valence-electron chi connectivity index (χ1n) is 10.1. The number of ether oxygens (including phenoxy) is 3. The minimum Gasteiger partial charge on any atom is -0.492 e. The molecule has 150 valence electrons. The van der Waals surface area contributed by atoms with Gasteiger partial charge in [-0.1, -0.05) is 78.9 Å². The van der Waals surface area contributed by atoms with Crippen LogP contribution in [0.25, 0.3) is 0 Å². The van der Waals surface area contributed by atoms with Crippen LogP contribution in [0, 0.1) is 0 Å². The molecule has 0 spiro atoms. The lowest BCUT2D eigenvalue weighted by atomic mass is 9.97. The van der Waals surface area contributed by atoms with Gasteiger partial charge in [0.15, 0.2) is 0 Å². The average Bonchev–Trinajstić information content (AvgIpc) is 3.21. The topological polar surface area (TPSA) is 30.9 Å². The zero-order valence-corrected chi connectivity index (χ0v) is 16.7.